The number of hydrogen-bond donors (Lipinski definition) is 0. The van der Waals surface area contributed by atoms with Crippen molar-refractivity contribution in [3.63, 3.8) is 0 Å². The normalized spacial score (nSPS) is 9.80. The highest BCUT2D eigenvalue weighted by Gasteiger charge is 2.16. The van der Waals surface area contributed by atoms with Crippen molar-refractivity contribution < 1.29 is 4.79 Å². The van der Waals surface area contributed by atoms with Crippen molar-refractivity contribution in [2.24, 2.45) is 0 Å². The molecule has 0 spiro atoms. The molecule has 0 radical (unpaired) electrons. The van der Waals surface area contributed by atoms with E-state index in [1.54, 1.807) is 4.90 Å². The zero-order valence-electron chi connectivity index (χ0n) is 10.8. The first kappa shape index (κ1) is 14.5. The quantitative estimate of drug-likeness (QED) is 0.764. The lowest BCUT2D eigenvalue weighted by Gasteiger charge is -2.22. The van der Waals surface area contributed by atoms with E-state index in [1.165, 1.54) is 0 Å². The van der Waals surface area contributed by atoms with Gasteiger partial charge in [0.15, 0.2) is 0 Å². The van der Waals surface area contributed by atoms with Crippen LogP contribution in [0, 0.1) is 14.9 Å². The Morgan fingerprint density at radius 1 is 1.10 bits per heavy atom. The van der Waals surface area contributed by atoms with Gasteiger partial charge in [-0.1, -0.05) is 36.4 Å². The van der Waals surface area contributed by atoms with Gasteiger partial charge in [0.1, 0.15) is 6.42 Å². The summed E-state index contributed by atoms with van der Waals surface area (Å²) in [7, 11) is 0. The van der Waals surface area contributed by atoms with Gasteiger partial charge < -0.3 is 4.90 Å². The van der Waals surface area contributed by atoms with Crippen molar-refractivity contribution in [3.8, 4) is 6.07 Å². The van der Waals surface area contributed by atoms with Gasteiger partial charge in [0.25, 0.3) is 0 Å². The lowest BCUT2D eigenvalue weighted by Crippen LogP contribution is -2.30. The van der Waals surface area contributed by atoms with Gasteiger partial charge >= 0.3 is 0 Å². The van der Waals surface area contributed by atoms with Gasteiger partial charge in [0, 0.05) is 9.26 Å². The number of amides is 1. The molecule has 0 aliphatic carbocycles. The number of rotatable bonds is 4. The number of halogens is 1. The van der Waals surface area contributed by atoms with Crippen molar-refractivity contribution in [2.45, 2.75) is 13.0 Å². The molecule has 0 aliphatic heterocycles. The Morgan fingerprint density at radius 3 is 2.40 bits per heavy atom. The molecule has 100 valence electrons. The third kappa shape index (κ3) is 3.58. The molecule has 0 unspecified atom stereocenters. The highest BCUT2D eigenvalue weighted by molar-refractivity contribution is 14.1. The first-order chi connectivity index (χ1) is 9.72. The maximum absolute atomic E-state index is 12.2. The van der Waals surface area contributed by atoms with Crippen molar-refractivity contribution in [2.75, 3.05) is 4.90 Å². The molecule has 0 N–H and O–H groups in total. The highest BCUT2D eigenvalue weighted by Crippen LogP contribution is 2.20. The lowest BCUT2D eigenvalue weighted by molar-refractivity contribution is -0.117. The average Bonchev–Trinajstić information content (AvgIpc) is 2.47. The van der Waals surface area contributed by atoms with E-state index in [0.29, 0.717) is 6.54 Å². The van der Waals surface area contributed by atoms with Crippen LogP contribution in [0.15, 0.2) is 54.6 Å². The minimum Gasteiger partial charge on any atom is -0.307 e. The van der Waals surface area contributed by atoms with Crippen LogP contribution >= 0.6 is 22.6 Å². The molecule has 0 saturated carbocycles. The van der Waals surface area contributed by atoms with E-state index >= 15 is 0 Å². The minimum atomic E-state index is -0.182. The number of carbonyl (C=O) groups is 1. The van der Waals surface area contributed by atoms with E-state index in [2.05, 4.69) is 22.6 Å². The van der Waals surface area contributed by atoms with Crippen LogP contribution in [0.2, 0.25) is 0 Å². The fraction of sp³-hybridized carbons (Fsp3) is 0.125. The van der Waals surface area contributed by atoms with Crippen LogP contribution < -0.4 is 4.90 Å². The van der Waals surface area contributed by atoms with Crippen LogP contribution in [0.4, 0.5) is 5.69 Å². The van der Waals surface area contributed by atoms with Crippen LogP contribution in [0.1, 0.15) is 12.0 Å². The Hall–Kier alpha value is -1.87. The van der Waals surface area contributed by atoms with Gasteiger partial charge in [-0.25, -0.2) is 0 Å². The van der Waals surface area contributed by atoms with Gasteiger partial charge in [-0.15, -0.1) is 0 Å². The number of carbonyl (C=O) groups excluding carboxylic acids is 1. The van der Waals surface area contributed by atoms with Crippen LogP contribution in [0.3, 0.4) is 0 Å². The predicted octanol–water partition coefficient (Wildman–Crippen LogP) is 3.74. The summed E-state index contributed by atoms with van der Waals surface area (Å²) in [6.07, 6.45) is -0.113. The molecule has 20 heavy (non-hydrogen) atoms. The molecule has 0 bridgehead atoms. The smallest absolute Gasteiger partial charge is 0.241 e. The summed E-state index contributed by atoms with van der Waals surface area (Å²) < 4.78 is 1.11. The Labute approximate surface area is 132 Å². The monoisotopic (exact) mass is 376 g/mol. The summed E-state index contributed by atoms with van der Waals surface area (Å²) in [4.78, 5) is 13.8. The number of nitriles is 1. The Balaban J connectivity index is 2.31. The molecule has 0 heterocycles. The first-order valence-corrected chi connectivity index (χ1v) is 7.26. The average molecular weight is 376 g/mol. The Kier molecular flexibility index (Phi) is 5.13. The zero-order chi connectivity index (χ0) is 14.4. The van der Waals surface area contributed by atoms with Crippen LogP contribution in [-0.2, 0) is 11.3 Å². The number of anilines is 1. The standard InChI is InChI=1S/C16H13IN2O/c17-15-9-5-4-6-13(15)12-19(16(20)10-11-18)14-7-2-1-3-8-14/h1-9H,10,12H2. The van der Waals surface area contributed by atoms with E-state index in [-0.39, 0.29) is 12.3 Å². The third-order valence-corrected chi connectivity index (χ3v) is 3.94. The van der Waals surface area contributed by atoms with E-state index in [9.17, 15) is 4.79 Å². The summed E-state index contributed by atoms with van der Waals surface area (Å²) in [6.45, 7) is 0.476. The summed E-state index contributed by atoms with van der Waals surface area (Å²) in [5, 5.41) is 8.75. The maximum Gasteiger partial charge on any atom is 0.241 e. The van der Waals surface area contributed by atoms with Crippen molar-refractivity contribution in [1.29, 1.82) is 5.26 Å². The molecular weight excluding hydrogens is 363 g/mol. The topological polar surface area (TPSA) is 44.1 Å². The maximum atomic E-state index is 12.2. The third-order valence-electron chi connectivity index (χ3n) is 2.89. The molecule has 0 saturated heterocycles. The molecule has 2 aromatic carbocycles. The van der Waals surface area contributed by atoms with Gasteiger partial charge in [0.2, 0.25) is 5.91 Å². The van der Waals surface area contributed by atoms with E-state index in [0.717, 1.165) is 14.8 Å². The van der Waals surface area contributed by atoms with E-state index in [1.807, 2.05) is 60.7 Å². The fourth-order valence-electron chi connectivity index (χ4n) is 1.89. The summed E-state index contributed by atoms with van der Waals surface area (Å²) in [6, 6.07) is 19.3. The SMILES string of the molecule is N#CCC(=O)N(Cc1ccccc1I)c1ccccc1. The van der Waals surface area contributed by atoms with Gasteiger partial charge in [0.05, 0.1) is 12.6 Å². The van der Waals surface area contributed by atoms with Crippen molar-refractivity contribution in [1.82, 2.24) is 0 Å². The fourth-order valence-corrected chi connectivity index (χ4v) is 2.45. The molecule has 2 aromatic rings. The second-order valence-corrected chi connectivity index (χ2v) is 5.40. The minimum absolute atomic E-state index is 0.113. The molecule has 0 aliphatic rings. The van der Waals surface area contributed by atoms with E-state index < -0.39 is 0 Å². The Bertz CT molecular complexity index is 634. The second-order valence-electron chi connectivity index (χ2n) is 4.24. The molecule has 0 aromatic heterocycles. The first-order valence-electron chi connectivity index (χ1n) is 6.18. The number of hydrogen-bond acceptors (Lipinski definition) is 2. The molecule has 4 heteroatoms. The van der Waals surface area contributed by atoms with Crippen LogP contribution in [0.5, 0.6) is 0 Å². The molecule has 3 nitrogen and oxygen atoms in total. The second kappa shape index (κ2) is 7.06. The largest absolute Gasteiger partial charge is 0.307 e. The van der Waals surface area contributed by atoms with Crippen LogP contribution in [-0.4, -0.2) is 5.91 Å². The molecular formula is C16H13IN2O. The summed E-state index contributed by atoms with van der Waals surface area (Å²) in [5.41, 5.74) is 1.88. The van der Waals surface area contributed by atoms with Crippen molar-refractivity contribution >= 4 is 34.2 Å². The highest BCUT2D eigenvalue weighted by atomic mass is 127. The Morgan fingerprint density at radius 2 is 1.75 bits per heavy atom. The van der Waals surface area contributed by atoms with Crippen LogP contribution in [0.25, 0.3) is 0 Å². The van der Waals surface area contributed by atoms with Gasteiger partial charge in [-0.2, -0.15) is 5.26 Å². The zero-order valence-corrected chi connectivity index (χ0v) is 12.9. The van der Waals surface area contributed by atoms with Gasteiger partial charge in [-0.3, -0.25) is 4.79 Å². The number of nitrogens with zero attached hydrogens (tertiary/aromatic N) is 2. The number of para-hydroxylation sites is 1. The molecule has 2 rings (SSSR count). The van der Waals surface area contributed by atoms with E-state index in [4.69, 9.17) is 5.26 Å². The van der Waals surface area contributed by atoms with Crippen molar-refractivity contribution in [3.05, 3.63) is 63.7 Å². The lowest BCUT2D eigenvalue weighted by atomic mass is 10.2. The predicted molar refractivity (Wildman–Crippen MR) is 87.0 cm³/mol. The summed E-state index contributed by atoms with van der Waals surface area (Å²) >= 11 is 2.25. The number of benzene rings is 2. The molecule has 1 amide bonds. The molecule has 0 fully saturated rings. The molecule has 0 atom stereocenters. The summed E-state index contributed by atoms with van der Waals surface area (Å²) in [5.74, 6) is -0.182. The van der Waals surface area contributed by atoms with Gasteiger partial charge in [-0.05, 0) is 46.4 Å².